The van der Waals surface area contributed by atoms with Crippen molar-refractivity contribution in [1.82, 2.24) is 4.98 Å². The fraction of sp³-hybridized carbons (Fsp3) is 0. The highest BCUT2D eigenvalue weighted by Gasteiger charge is 2.15. The molecular formula is C13H7Cl3N2O. The third-order valence-electron chi connectivity index (χ3n) is 2.68. The number of benzene rings is 2. The van der Waals surface area contributed by atoms with E-state index in [1.165, 1.54) is 0 Å². The van der Waals surface area contributed by atoms with Gasteiger partial charge in [0.1, 0.15) is 5.52 Å². The first-order valence-corrected chi connectivity index (χ1v) is 6.49. The quantitative estimate of drug-likeness (QED) is 0.640. The summed E-state index contributed by atoms with van der Waals surface area (Å²) in [6.07, 6.45) is 0. The molecule has 0 spiro atoms. The Bertz CT molecular complexity index is 724. The zero-order valence-corrected chi connectivity index (χ0v) is 11.7. The van der Waals surface area contributed by atoms with Crippen LogP contribution in [0.5, 0.6) is 0 Å². The number of nitrogen functional groups attached to an aromatic ring is 1. The van der Waals surface area contributed by atoms with Crippen LogP contribution in [0.1, 0.15) is 0 Å². The van der Waals surface area contributed by atoms with Crippen molar-refractivity contribution in [3.05, 3.63) is 45.4 Å². The normalized spacial score (nSPS) is 11.1. The van der Waals surface area contributed by atoms with Crippen LogP contribution in [0, 0.1) is 0 Å². The van der Waals surface area contributed by atoms with Gasteiger partial charge in [0.05, 0.1) is 26.3 Å². The number of nitrogens with two attached hydrogens (primary N) is 1. The van der Waals surface area contributed by atoms with E-state index in [-0.39, 0.29) is 0 Å². The van der Waals surface area contributed by atoms with Crippen LogP contribution in [0.25, 0.3) is 22.6 Å². The SMILES string of the molecule is Nc1cc2oc(-c3c(Cl)cccc3Cl)nc2cc1Cl. The van der Waals surface area contributed by atoms with Gasteiger partial charge in [-0.25, -0.2) is 4.98 Å². The first-order valence-electron chi connectivity index (χ1n) is 5.36. The minimum Gasteiger partial charge on any atom is -0.436 e. The van der Waals surface area contributed by atoms with Crippen molar-refractivity contribution < 1.29 is 4.42 Å². The Morgan fingerprint density at radius 2 is 1.68 bits per heavy atom. The molecule has 0 aliphatic carbocycles. The highest BCUT2D eigenvalue weighted by atomic mass is 35.5. The van der Waals surface area contributed by atoms with Crippen LogP contribution in [0.2, 0.25) is 15.1 Å². The molecule has 0 atom stereocenters. The van der Waals surface area contributed by atoms with Gasteiger partial charge in [0, 0.05) is 6.07 Å². The van der Waals surface area contributed by atoms with E-state index in [2.05, 4.69) is 4.98 Å². The summed E-state index contributed by atoms with van der Waals surface area (Å²) in [7, 11) is 0. The summed E-state index contributed by atoms with van der Waals surface area (Å²) in [5, 5.41) is 1.37. The summed E-state index contributed by atoms with van der Waals surface area (Å²) in [4.78, 5) is 4.33. The number of nitrogens with zero attached hydrogens (tertiary/aromatic N) is 1. The van der Waals surface area contributed by atoms with Crippen LogP contribution in [-0.4, -0.2) is 4.98 Å². The molecule has 2 N–H and O–H groups in total. The molecule has 0 radical (unpaired) electrons. The number of rotatable bonds is 1. The zero-order valence-electron chi connectivity index (χ0n) is 9.45. The van der Waals surface area contributed by atoms with Gasteiger partial charge in [0.15, 0.2) is 5.58 Å². The Hall–Kier alpha value is -1.42. The lowest BCUT2D eigenvalue weighted by molar-refractivity contribution is 0.620. The lowest BCUT2D eigenvalue weighted by Crippen LogP contribution is -1.84. The van der Waals surface area contributed by atoms with Crippen molar-refractivity contribution in [2.24, 2.45) is 0 Å². The third kappa shape index (κ3) is 2.14. The summed E-state index contributed by atoms with van der Waals surface area (Å²) >= 11 is 18.2. The highest BCUT2D eigenvalue weighted by molar-refractivity contribution is 6.39. The predicted octanol–water partition coefficient (Wildman–Crippen LogP) is 5.04. The number of halogens is 3. The van der Waals surface area contributed by atoms with E-state index in [1.807, 2.05) is 0 Å². The Balaban J connectivity index is 2.26. The second-order valence-corrected chi connectivity index (χ2v) is 5.18. The number of hydrogen-bond acceptors (Lipinski definition) is 3. The smallest absolute Gasteiger partial charge is 0.230 e. The molecule has 3 aromatic rings. The minimum absolute atomic E-state index is 0.340. The number of anilines is 1. The molecule has 0 aliphatic rings. The van der Waals surface area contributed by atoms with E-state index in [0.29, 0.717) is 43.3 Å². The lowest BCUT2D eigenvalue weighted by atomic mass is 10.2. The molecule has 96 valence electrons. The Morgan fingerprint density at radius 1 is 1.00 bits per heavy atom. The number of oxazole rings is 1. The first-order chi connectivity index (χ1) is 9.06. The van der Waals surface area contributed by atoms with Crippen molar-refractivity contribution in [3.8, 4) is 11.5 Å². The van der Waals surface area contributed by atoms with E-state index >= 15 is 0 Å². The van der Waals surface area contributed by atoms with Gasteiger partial charge < -0.3 is 10.2 Å². The molecule has 3 rings (SSSR count). The van der Waals surface area contributed by atoms with Gasteiger partial charge in [-0.2, -0.15) is 0 Å². The highest BCUT2D eigenvalue weighted by Crippen LogP contribution is 2.36. The second kappa shape index (κ2) is 4.60. The first kappa shape index (κ1) is 12.6. The molecule has 0 saturated heterocycles. The summed E-state index contributed by atoms with van der Waals surface area (Å²) in [5.41, 5.74) is 7.84. The average Bonchev–Trinajstić information content (AvgIpc) is 2.72. The Kier molecular flexibility index (Phi) is 3.05. The van der Waals surface area contributed by atoms with E-state index in [0.717, 1.165) is 0 Å². The number of aromatic nitrogens is 1. The zero-order chi connectivity index (χ0) is 13.6. The third-order valence-corrected chi connectivity index (χ3v) is 3.64. The van der Waals surface area contributed by atoms with E-state index in [9.17, 15) is 0 Å². The predicted molar refractivity (Wildman–Crippen MR) is 78.9 cm³/mol. The van der Waals surface area contributed by atoms with Crippen LogP contribution in [0.4, 0.5) is 5.69 Å². The maximum atomic E-state index is 6.12. The van der Waals surface area contributed by atoms with E-state index in [1.54, 1.807) is 30.3 Å². The van der Waals surface area contributed by atoms with Crippen LogP contribution >= 0.6 is 34.8 Å². The largest absolute Gasteiger partial charge is 0.436 e. The molecule has 1 heterocycles. The molecule has 0 saturated carbocycles. The molecule has 1 aromatic heterocycles. The summed E-state index contributed by atoms with van der Waals surface area (Å²) in [6, 6.07) is 8.46. The Morgan fingerprint density at radius 3 is 2.37 bits per heavy atom. The van der Waals surface area contributed by atoms with Gasteiger partial charge in [-0.3, -0.25) is 0 Å². The van der Waals surface area contributed by atoms with Gasteiger partial charge >= 0.3 is 0 Å². The van der Waals surface area contributed by atoms with Crippen molar-refractivity contribution in [3.63, 3.8) is 0 Å². The van der Waals surface area contributed by atoms with E-state index in [4.69, 9.17) is 45.0 Å². The van der Waals surface area contributed by atoms with Gasteiger partial charge in [-0.1, -0.05) is 40.9 Å². The van der Waals surface area contributed by atoms with Crippen LogP contribution in [-0.2, 0) is 0 Å². The number of hydrogen-bond donors (Lipinski definition) is 1. The second-order valence-electron chi connectivity index (χ2n) is 3.96. The van der Waals surface area contributed by atoms with Crippen molar-refractivity contribution in [2.75, 3.05) is 5.73 Å². The fourth-order valence-electron chi connectivity index (χ4n) is 1.77. The van der Waals surface area contributed by atoms with Crippen molar-refractivity contribution in [2.45, 2.75) is 0 Å². The molecule has 0 bridgehead atoms. The molecule has 0 aliphatic heterocycles. The lowest BCUT2D eigenvalue weighted by Gasteiger charge is -2.01. The average molecular weight is 314 g/mol. The topological polar surface area (TPSA) is 52.0 Å². The monoisotopic (exact) mass is 312 g/mol. The van der Waals surface area contributed by atoms with Crippen LogP contribution in [0.3, 0.4) is 0 Å². The molecule has 6 heteroatoms. The summed E-state index contributed by atoms with van der Waals surface area (Å²) in [5.74, 6) is 0.340. The van der Waals surface area contributed by atoms with Gasteiger partial charge in [0.25, 0.3) is 0 Å². The molecule has 0 fully saturated rings. The van der Waals surface area contributed by atoms with Crippen molar-refractivity contribution in [1.29, 1.82) is 0 Å². The molecular weight excluding hydrogens is 307 g/mol. The van der Waals surface area contributed by atoms with Gasteiger partial charge in [-0.15, -0.1) is 0 Å². The molecule has 3 nitrogen and oxygen atoms in total. The van der Waals surface area contributed by atoms with Crippen LogP contribution < -0.4 is 5.73 Å². The maximum absolute atomic E-state index is 6.12. The molecule has 0 unspecified atom stereocenters. The standard InChI is InChI=1S/C13H7Cl3N2O/c14-6-2-1-3-7(15)12(6)13-18-10-4-8(16)9(17)5-11(10)19-13/h1-5H,17H2. The van der Waals surface area contributed by atoms with E-state index < -0.39 is 0 Å². The number of fused-ring (bicyclic) bond motifs is 1. The summed E-state index contributed by atoms with van der Waals surface area (Å²) in [6.45, 7) is 0. The minimum atomic E-state index is 0.340. The van der Waals surface area contributed by atoms with Crippen LogP contribution in [0.15, 0.2) is 34.7 Å². The molecule has 0 amide bonds. The van der Waals surface area contributed by atoms with Gasteiger partial charge in [0.2, 0.25) is 5.89 Å². The van der Waals surface area contributed by atoms with Crippen molar-refractivity contribution >= 4 is 51.6 Å². The Labute approximate surface area is 123 Å². The fourth-order valence-corrected chi connectivity index (χ4v) is 2.49. The molecule has 19 heavy (non-hydrogen) atoms. The van der Waals surface area contributed by atoms with Gasteiger partial charge in [-0.05, 0) is 18.2 Å². The molecule has 2 aromatic carbocycles. The summed E-state index contributed by atoms with van der Waals surface area (Å²) < 4.78 is 5.63. The maximum Gasteiger partial charge on any atom is 0.230 e.